The lowest BCUT2D eigenvalue weighted by Crippen LogP contribution is -2.17. The van der Waals surface area contributed by atoms with E-state index >= 15 is 0 Å². The third kappa shape index (κ3) is 4.12. The predicted octanol–water partition coefficient (Wildman–Crippen LogP) is 4.27. The molecule has 4 N–H and O–H groups in total. The van der Waals surface area contributed by atoms with E-state index in [0.29, 0.717) is 23.5 Å². The predicted molar refractivity (Wildman–Crippen MR) is 130 cm³/mol. The Morgan fingerprint density at radius 1 is 0.970 bits per heavy atom. The summed E-state index contributed by atoms with van der Waals surface area (Å²) in [4.78, 5) is 32.2. The van der Waals surface area contributed by atoms with Crippen LogP contribution in [0.5, 0.6) is 0 Å². The minimum absolute atomic E-state index is 0.185. The number of aromatic nitrogens is 3. The van der Waals surface area contributed by atoms with Gasteiger partial charge in [0.25, 0.3) is 5.91 Å². The van der Waals surface area contributed by atoms with Crippen LogP contribution in [-0.2, 0) is 6.54 Å². The van der Waals surface area contributed by atoms with Crippen LogP contribution in [0.2, 0.25) is 0 Å². The summed E-state index contributed by atoms with van der Waals surface area (Å²) >= 11 is 0. The fraction of sp³-hybridized carbons (Fsp3) is 0.0385. The number of para-hydroxylation sites is 2. The first-order valence-corrected chi connectivity index (χ1v) is 10.5. The van der Waals surface area contributed by atoms with Crippen LogP contribution in [0.3, 0.4) is 0 Å². The van der Waals surface area contributed by atoms with Gasteiger partial charge in [0.2, 0.25) is 0 Å². The Hall–Kier alpha value is -4.65. The maximum absolute atomic E-state index is 12.6. The molecular weight excluding hydrogens is 414 g/mol. The van der Waals surface area contributed by atoms with Gasteiger partial charge in [-0.1, -0.05) is 36.4 Å². The number of hydrogen-bond donors (Lipinski definition) is 3. The molecule has 5 rings (SSSR count). The lowest BCUT2D eigenvalue weighted by Gasteiger charge is -2.09. The van der Waals surface area contributed by atoms with Crippen LogP contribution in [0.25, 0.3) is 22.2 Å². The van der Waals surface area contributed by atoms with Crippen molar-refractivity contribution in [3.05, 3.63) is 113 Å². The van der Waals surface area contributed by atoms with Crippen molar-refractivity contribution in [2.24, 2.45) is 0 Å². The van der Waals surface area contributed by atoms with E-state index in [0.717, 1.165) is 27.7 Å². The number of rotatable bonds is 5. The van der Waals surface area contributed by atoms with Crippen LogP contribution < -0.4 is 16.7 Å². The number of aromatic amines is 1. The Balaban J connectivity index is 1.36. The van der Waals surface area contributed by atoms with Gasteiger partial charge in [0.1, 0.15) is 0 Å². The molecule has 2 aromatic heterocycles. The van der Waals surface area contributed by atoms with E-state index in [9.17, 15) is 9.59 Å². The number of nitrogens with one attached hydrogen (secondary N) is 2. The SMILES string of the molecule is Nc1ccccc1NC(=O)c1ccc(Cn2c(=O)[nH]c3cc(-c4cccnc4)ccc32)cc1. The highest BCUT2D eigenvalue weighted by atomic mass is 16.2. The summed E-state index contributed by atoms with van der Waals surface area (Å²) in [7, 11) is 0. The molecule has 0 radical (unpaired) electrons. The Morgan fingerprint density at radius 2 is 1.79 bits per heavy atom. The Labute approximate surface area is 189 Å². The first-order chi connectivity index (χ1) is 16.1. The highest BCUT2D eigenvalue weighted by molar-refractivity contribution is 6.05. The first kappa shape index (κ1) is 20.3. The molecule has 7 heteroatoms. The summed E-state index contributed by atoms with van der Waals surface area (Å²) in [5.74, 6) is -0.244. The van der Waals surface area contributed by atoms with E-state index in [2.05, 4.69) is 15.3 Å². The van der Waals surface area contributed by atoms with Gasteiger partial charge in [-0.05, 0) is 53.6 Å². The molecular formula is C26H21N5O2. The van der Waals surface area contributed by atoms with E-state index in [-0.39, 0.29) is 11.6 Å². The van der Waals surface area contributed by atoms with Crippen molar-refractivity contribution in [1.29, 1.82) is 0 Å². The highest BCUT2D eigenvalue weighted by Gasteiger charge is 2.11. The van der Waals surface area contributed by atoms with Gasteiger partial charge in [0.05, 0.1) is 29.0 Å². The summed E-state index contributed by atoms with van der Waals surface area (Å²) in [6.45, 7) is 0.388. The Bertz CT molecular complexity index is 1500. The van der Waals surface area contributed by atoms with E-state index < -0.39 is 0 Å². The zero-order valence-corrected chi connectivity index (χ0v) is 17.7. The van der Waals surface area contributed by atoms with Crippen molar-refractivity contribution in [2.45, 2.75) is 6.54 Å². The zero-order valence-electron chi connectivity index (χ0n) is 17.7. The van der Waals surface area contributed by atoms with Crippen molar-refractivity contribution in [3.63, 3.8) is 0 Å². The van der Waals surface area contributed by atoms with E-state index in [4.69, 9.17) is 5.73 Å². The monoisotopic (exact) mass is 435 g/mol. The molecule has 0 fully saturated rings. The second-order valence-electron chi connectivity index (χ2n) is 7.73. The molecule has 0 aliphatic carbocycles. The number of hydrogen-bond acceptors (Lipinski definition) is 4. The average Bonchev–Trinajstić information content (AvgIpc) is 3.15. The molecule has 0 unspecified atom stereocenters. The van der Waals surface area contributed by atoms with Crippen LogP contribution in [0.4, 0.5) is 11.4 Å². The van der Waals surface area contributed by atoms with E-state index in [1.165, 1.54) is 0 Å². The van der Waals surface area contributed by atoms with Gasteiger partial charge in [0.15, 0.2) is 0 Å². The van der Waals surface area contributed by atoms with E-state index in [1.54, 1.807) is 41.2 Å². The second kappa shape index (κ2) is 8.47. The summed E-state index contributed by atoms with van der Waals surface area (Å²) < 4.78 is 1.68. The van der Waals surface area contributed by atoms with Gasteiger partial charge in [-0.15, -0.1) is 0 Å². The smallest absolute Gasteiger partial charge is 0.326 e. The number of pyridine rings is 1. The zero-order chi connectivity index (χ0) is 22.8. The number of anilines is 2. The highest BCUT2D eigenvalue weighted by Crippen LogP contribution is 2.23. The fourth-order valence-corrected chi connectivity index (χ4v) is 3.78. The molecule has 0 atom stereocenters. The molecule has 7 nitrogen and oxygen atoms in total. The molecule has 0 saturated heterocycles. The number of benzene rings is 3. The van der Waals surface area contributed by atoms with Crippen LogP contribution in [0.1, 0.15) is 15.9 Å². The number of amides is 1. The average molecular weight is 435 g/mol. The molecule has 2 heterocycles. The molecule has 3 aromatic carbocycles. The summed E-state index contributed by atoms with van der Waals surface area (Å²) in [6, 6.07) is 24.0. The lowest BCUT2D eigenvalue weighted by atomic mass is 10.1. The largest absolute Gasteiger partial charge is 0.397 e. The lowest BCUT2D eigenvalue weighted by molar-refractivity contribution is 0.102. The van der Waals surface area contributed by atoms with Gasteiger partial charge in [0, 0.05) is 23.5 Å². The van der Waals surface area contributed by atoms with Gasteiger partial charge in [-0.25, -0.2) is 4.79 Å². The molecule has 0 aliphatic heterocycles. The van der Waals surface area contributed by atoms with Gasteiger partial charge in [-0.3, -0.25) is 14.3 Å². The molecule has 33 heavy (non-hydrogen) atoms. The first-order valence-electron chi connectivity index (χ1n) is 10.5. The van der Waals surface area contributed by atoms with E-state index in [1.807, 2.05) is 54.6 Å². The Kier molecular flexibility index (Phi) is 5.20. The van der Waals surface area contributed by atoms with Gasteiger partial charge in [-0.2, -0.15) is 0 Å². The molecule has 0 aliphatic rings. The molecule has 0 saturated carbocycles. The number of imidazole rings is 1. The number of carbonyl (C=O) groups excluding carboxylic acids is 1. The number of nitrogen functional groups attached to an aromatic ring is 1. The minimum atomic E-state index is -0.244. The number of nitrogens with zero attached hydrogens (tertiary/aromatic N) is 2. The van der Waals surface area contributed by atoms with Crippen molar-refractivity contribution < 1.29 is 4.79 Å². The van der Waals surface area contributed by atoms with Crippen molar-refractivity contribution in [3.8, 4) is 11.1 Å². The van der Waals surface area contributed by atoms with Crippen LogP contribution in [-0.4, -0.2) is 20.4 Å². The van der Waals surface area contributed by atoms with Crippen LogP contribution in [0.15, 0.2) is 96.1 Å². The maximum atomic E-state index is 12.6. The molecule has 1 amide bonds. The van der Waals surface area contributed by atoms with Crippen molar-refractivity contribution in [1.82, 2.24) is 14.5 Å². The minimum Gasteiger partial charge on any atom is -0.397 e. The number of carbonyl (C=O) groups is 1. The molecule has 162 valence electrons. The van der Waals surface area contributed by atoms with Crippen LogP contribution in [0, 0.1) is 0 Å². The van der Waals surface area contributed by atoms with Gasteiger partial charge < -0.3 is 16.0 Å². The fourth-order valence-electron chi connectivity index (χ4n) is 3.78. The van der Waals surface area contributed by atoms with Crippen molar-refractivity contribution >= 4 is 28.3 Å². The molecule has 5 aromatic rings. The molecule has 0 bridgehead atoms. The quantitative estimate of drug-likeness (QED) is 0.358. The van der Waals surface area contributed by atoms with Gasteiger partial charge >= 0.3 is 5.69 Å². The number of nitrogens with two attached hydrogens (primary N) is 1. The third-order valence-electron chi connectivity index (χ3n) is 5.53. The number of H-pyrrole nitrogens is 1. The standard InChI is InChI=1S/C26H21N5O2/c27-21-5-1-2-6-22(21)29-25(32)18-9-7-17(8-10-18)16-31-24-12-11-19(14-23(24)30-26(31)33)20-4-3-13-28-15-20/h1-15H,16,27H2,(H,29,32)(H,30,33). The molecule has 0 spiro atoms. The topological polar surface area (TPSA) is 106 Å². The summed E-state index contributed by atoms with van der Waals surface area (Å²) in [5.41, 5.74) is 11.8. The van der Waals surface area contributed by atoms with Crippen molar-refractivity contribution in [2.75, 3.05) is 11.1 Å². The Morgan fingerprint density at radius 3 is 2.55 bits per heavy atom. The summed E-state index contributed by atoms with van der Waals surface area (Å²) in [5, 5.41) is 2.81. The van der Waals surface area contributed by atoms with Crippen LogP contribution >= 0.6 is 0 Å². The third-order valence-corrected chi connectivity index (χ3v) is 5.53. The number of fused-ring (bicyclic) bond motifs is 1. The normalized spacial score (nSPS) is 10.9. The second-order valence-corrected chi connectivity index (χ2v) is 7.73. The summed E-state index contributed by atoms with van der Waals surface area (Å²) in [6.07, 6.45) is 3.52. The maximum Gasteiger partial charge on any atom is 0.326 e.